The third kappa shape index (κ3) is 4.26. The van der Waals surface area contributed by atoms with Crippen molar-refractivity contribution in [3.8, 4) is 0 Å². The molecule has 0 unspecified atom stereocenters. The topological polar surface area (TPSA) is 79.4 Å². The van der Waals surface area contributed by atoms with E-state index in [-0.39, 0.29) is 11.8 Å². The second-order valence-corrected chi connectivity index (χ2v) is 10.8. The molecule has 0 spiro atoms. The molecule has 1 amide bonds. The van der Waals surface area contributed by atoms with E-state index in [1.807, 2.05) is 50.2 Å². The molecule has 0 saturated carbocycles. The quantitative estimate of drug-likeness (QED) is 0.653. The van der Waals surface area contributed by atoms with Crippen LogP contribution < -0.4 is 5.32 Å². The maximum atomic E-state index is 13.0. The Labute approximate surface area is 181 Å². The Kier molecular flexibility index (Phi) is 5.90. The molecule has 0 radical (unpaired) electrons. The van der Waals surface area contributed by atoms with Gasteiger partial charge in [0, 0.05) is 19.0 Å². The van der Waals surface area contributed by atoms with Crippen molar-refractivity contribution in [2.75, 3.05) is 13.1 Å². The maximum Gasteiger partial charge on any atom is 0.243 e. The molecule has 1 aliphatic rings. The Balaban J connectivity index is 1.35. The number of aromatic nitrogens is 1. The zero-order chi connectivity index (χ0) is 21.3. The summed E-state index contributed by atoms with van der Waals surface area (Å²) in [5.74, 6) is -0.206. The van der Waals surface area contributed by atoms with Gasteiger partial charge in [-0.3, -0.25) is 4.79 Å². The Morgan fingerprint density at radius 3 is 2.60 bits per heavy atom. The summed E-state index contributed by atoms with van der Waals surface area (Å²) in [6.07, 6.45) is 1.05. The molecule has 1 fully saturated rings. The summed E-state index contributed by atoms with van der Waals surface area (Å²) in [5.41, 5.74) is 2.73. The molecule has 8 heteroatoms. The van der Waals surface area contributed by atoms with Gasteiger partial charge in [0.05, 0.1) is 21.7 Å². The third-order valence-electron chi connectivity index (χ3n) is 5.52. The van der Waals surface area contributed by atoms with Crippen LogP contribution in [-0.4, -0.2) is 36.7 Å². The standard InChI is InChI=1S/C22H25N3O3S2/c1-15-7-8-20(16(2)13-15)30(27,28)25-11-9-17(10-12-25)22(26)23-14-21-24-18-5-3-4-6-19(18)29-21/h3-8,13,17H,9-12,14H2,1-2H3,(H,23,26). The molecule has 1 aliphatic heterocycles. The molecular weight excluding hydrogens is 418 g/mol. The monoisotopic (exact) mass is 443 g/mol. The number of hydrogen-bond donors (Lipinski definition) is 1. The SMILES string of the molecule is Cc1ccc(S(=O)(=O)N2CCC(C(=O)NCc3nc4ccccc4s3)CC2)c(C)c1. The number of aryl methyl sites for hydroxylation is 2. The first kappa shape index (κ1) is 21.0. The molecule has 1 aromatic heterocycles. The number of hydrogen-bond acceptors (Lipinski definition) is 5. The summed E-state index contributed by atoms with van der Waals surface area (Å²) in [6.45, 7) is 4.88. The van der Waals surface area contributed by atoms with Gasteiger partial charge >= 0.3 is 0 Å². The normalized spacial score (nSPS) is 16.1. The van der Waals surface area contributed by atoms with Gasteiger partial charge < -0.3 is 5.32 Å². The fraction of sp³-hybridized carbons (Fsp3) is 0.364. The predicted octanol–water partition coefficient (Wildman–Crippen LogP) is 3.63. The minimum absolute atomic E-state index is 0.0298. The first-order valence-corrected chi connectivity index (χ1v) is 12.3. The van der Waals surface area contributed by atoms with Crippen LogP contribution in [0.25, 0.3) is 10.2 Å². The fourth-order valence-electron chi connectivity index (χ4n) is 3.89. The number of para-hydroxylation sites is 1. The number of nitrogens with one attached hydrogen (secondary N) is 1. The Morgan fingerprint density at radius 1 is 1.17 bits per heavy atom. The van der Waals surface area contributed by atoms with Crippen LogP contribution >= 0.6 is 11.3 Å². The smallest absolute Gasteiger partial charge is 0.243 e. The number of sulfonamides is 1. The van der Waals surface area contributed by atoms with Crippen LogP contribution in [0.15, 0.2) is 47.4 Å². The van der Waals surface area contributed by atoms with Gasteiger partial charge in [-0.15, -0.1) is 11.3 Å². The van der Waals surface area contributed by atoms with E-state index < -0.39 is 10.0 Å². The van der Waals surface area contributed by atoms with E-state index in [0.29, 0.717) is 37.4 Å². The van der Waals surface area contributed by atoms with Gasteiger partial charge in [0.2, 0.25) is 15.9 Å². The zero-order valence-electron chi connectivity index (χ0n) is 17.1. The Bertz CT molecular complexity index is 1150. The van der Waals surface area contributed by atoms with E-state index in [1.54, 1.807) is 17.4 Å². The number of thiazole rings is 1. The van der Waals surface area contributed by atoms with E-state index in [2.05, 4.69) is 10.3 Å². The van der Waals surface area contributed by atoms with Gasteiger partial charge in [0.15, 0.2) is 0 Å². The number of amides is 1. The van der Waals surface area contributed by atoms with Crippen molar-refractivity contribution in [3.63, 3.8) is 0 Å². The van der Waals surface area contributed by atoms with Crippen LogP contribution in [0.3, 0.4) is 0 Å². The van der Waals surface area contributed by atoms with Crippen LogP contribution in [0.5, 0.6) is 0 Å². The molecule has 4 rings (SSSR count). The molecule has 0 atom stereocenters. The number of piperidine rings is 1. The van der Waals surface area contributed by atoms with Crippen molar-refractivity contribution in [1.82, 2.24) is 14.6 Å². The van der Waals surface area contributed by atoms with Crippen LogP contribution in [0.2, 0.25) is 0 Å². The highest BCUT2D eigenvalue weighted by Gasteiger charge is 2.32. The lowest BCUT2D eigenvalue weighted by atomic mass is 9.97. The molecule has 30 heavy (non-hydrogen) atoms. The van der Waals surface area contributed by atoms with E-state index in [1.165, 1.54) is 4.31 Å². The van der Waals surface area contributed by atoms with Crippen LogP contribution in [0, 0.1) is 19.8 Å². The largest absolute Gasteiger partial charge is 0.349 e. The minimum atomic E-state index is -3.54. The average Bonchev–Trinajstić information content (AvgIpc) is 3.15. The van der Waals surface area contributed by atoms with Crippen LogP contribution in [0.1, 0.15) is 29.0 Å². The second-order valence-electron chi connectivity index (χ2n) is 7.74. The number of carbonyl (C=O) groups excluding carboxylic acids is 1. The first-order valence-electron chi connectivity index (χ1n) is 10.0. The highest BCUT2D eigenvalue weighted by atomic mass is 32.2. The Hall–Kier alpha value is -2.29. The molecule has 3 aromatic rings. The number of carbonyl (C=O) groups is 1. The molecule has 2 aromatic carbocycles. The van der Waals surface area contributed by atoms with Crippen molar-refractivity contribution in [2.24, 2.45) is 5.92 Å². The second kappa shape index (κ2) is 8.45. The molecular formula is C22H25N3O3S2. The predicted molar refractivity (Wildman–Crippen MR) is 119 cm³/mol. The van der Waals surface area contributed by atoms with Gasteiger partial charge in [0.1, 0.15) is 5.01 Å². The number of fused-ring (bicyclic) bond motifs is 1. The summed E-state index contributed by atoms with van der Waals surface area (Å²) < 4.78 is 28.6. The summed E-state index contributed by atoms with van der Waals surface area (Å²) in [7, 11) is -3.54. The minimum Gasteiger partial charge on any atom is -0.349 e. The summed E-state index contributed by atoms with van der Waals surface area (Å²) >= 11 is 1.58. The van der Waals surface area contributed by atoms with Crippen molar-refractivity contribution in [3.05, 3.63) is 58.6 Å². The lowest BCUT2D eigenvalue weighted by Crippen LogP contribution is -2.43. The summed E-state index contributed by atoms with van der Waals surface area (Å²) in [6, 6.07) is 13.3. The highest BCUT2D eigenvalue weighted by Crippen LogP contribution is 2.27. The zero-order valence-corrected chi connectivity index (χ0v) is 18.7. The van der Waals surface area contributed by atoms with Crippen molar-refractivity contribution < 1.29 is 13.2 Å². The van der Waals surface area contributed by atoms with Crippen molar-refractivity contribution >= 4 is 37.5 Å². The van der Waals surface area contributed by atoms with Gasteiger partial charge in [-0.25, -0.2) is 13.4 Å². The molecule has 0 bridgehead atoms. The Morgan fingerprint density at radius 2 is 1.90 bits per heavy atom. The maximum absolute atomic E-state index is 13.0. The summed E-state index contributed by atoms with van der Waals surface area (Å²) in [4.78, 5) is 17.5. The highest BCUT2D eigenvalue weighted by molar-refractivity contribution is 7.89. The van der Waals surface area contributed by atoms with E-state index in [9.17, 15) is 13.2 Å². The van der Waals surface area contributed by atoms with Crippen LogP contribution in [0.4, 0.5) is 0 Å². The molecule has 1 saturated heterocycles. The molecule has 158 valence electrons. The van der Waals surface area contributed by atoms with Gasteiger partial charge in [-0.2, -0.15) is 4.31 Å². The molecule has 0 aliphatic carbocycles. The van der Waals surface area contributed by atoms with Crippen molar-refractivity contribution in [2.45, 2.75) is 38.1 Å². The van der Waals surface area contributed by atoms with Gasteiger partial charge in [0.25, 0.3) is 0 Å². The first-order chi connectivity index (χ1) is 14.3. The average molecular weight is 444 g/mol. The third-order valence-corrected chi connectivity index (χ3v) is 8.62. The van der Waals surface area contributed by atoms with Gasteiger partial charge in [-0.05, 0) is 50.5 Å². The summed E-state index contributed by atoms with van der Waals surface area (Å²) in [5, 5.41) is 3.85. The van der Waals surface area contributed by atoms with E-state index in [4.69, 9.17) is 0 Å². The number of rotatable bonds is 5. The lowest BCUT2D eigenvalue weighted by molar-refractivity contribution is -0.126. The van der Waals surface area contributed by atoms with E-state index in [0.717, 1.165) is 26.4 Å². The van der Waals surface area contributed by atoms with Gasteiger partial charge in [-0.1, -0.05) is 29.8 Å². The number of nitrogens with zero attached hydrogens (tertiary/aromatic N) is 2. The van der Waals surface area contributed by atoms with Crippen LogP contribution in [-0.2, 0) is 21.4 Å². The lowest BCUT2D eigenvalue weighted by Gasteiger charge is -2.31. The molecule has 1 N–H and O–H groups in total. The van der Waals surface area contributed by atoms with Crippen molar-refractivity contribution in [1.29, 1.82) is 0 Å². The molecule has 2 heterocycles. The number of benzene rings is 2. The van der Waals surface area contributed by atoms with E-state index >= 15 is 0 Å². The fourth-order valence-corrected chi connectivity index (χ4v) is 6.47. The molecule has 6 nitrogen and oxygen atoms in total.